The highest BCUT2D eigenvalue weighted by Crippen LogP contribution is 2.21. The molecule has 1 aliphatic heterocycles. The summed E-state index contributed by atoms with van der Waals surface area (Å²) in [7, 11) is 1.68. The fraction of sp³-hybridized carbons (Fsp3) is 0.462. The SMILES string of the molecule is COc1ccc2c(c1)ncn2CC1CCNC1. The highest BCUT2D eigenvalue weighted by Gasteiger charge is 2.15. The number of methoxy groups -OCH3 is 1. The highest BCUT2D eigenvalue weighted by molar-refractivity contribution is 5.76. The van der Waals surface area contributed by atoms with Gasteiger partial charge in [-0.15, -0.1) is 0 Å². The maximum absolute atomic E-state index is 5.21. The van der Waals surface area contributed by atoms with Crippen LogP contribution < -0.4 is 10.1 Å². The maximum atomic E-state index is 5.21. The van der Waals surface area contributed by atoms with Gasteiger partial charge in [-0.1, -0.05) is 0 Å². The molecule has 1 N–H and O–H groups in total. The van der Waals surface area contributed by atoms with Crippen molar-refractivity contribution < 1.29 is 4.74 Å². The lowest BCUT2D eigenvalue weighted by Gasteiger charge is -2.10. The predicted octanol–water partition coefficient (Wildman–Crippen LogP) is 1.65. The van der Waals surface area contributed by atoms with Gasteiger partial charge < -0.3 is 14.6 Å². The first-order valence-corrected chi connectivity index (χ1v) is 6.06. The molecule has 0 spiro atoms. The van der Waals surface area contributed by atoms with Gasteiger partial charge in [-0.05, 0) is 37.6 Å². The Morgan fingerprint density at radius 3 is 3.24 bits per heavy atom. The maximum Gasteiger partial charge on any atom is 0.121 e. The summed E-state index contributed by atoms with van der Waals surface area (Å²) in [5, 5.41) is 3.40. The first-order valence-electron chi connectivity index (χ1n) is 6.06. The molecule has 90 valence electrons. The van der Waals surface area contributed by atoms with Crippen LogP contribution in [0.25, 0.3) is 11.0 Å². The third-order valence-electron chi connectivity index (χ3n) is 3.45. The van der Waals surface area contributed by atoms with Crippen LogP contribution in [0.3, 0.4) is 0 Å². The zero-order chi connectivity index (χ0) is 11.7. The van der Waals surface area contributed by atoms with Crippen LogP contribution in [0.1, 0.15) is 6.42 Å². The van der Waals surface area contributed by atoms with Crippen LogP contribution in [-0.2, 0) is 6.54 Å². The molecule has 4 heteroatoms. The van der Waals surface area contributed by atoms with Crippen molar-refractivity contribution in [3.05, 3.63) is 24.5 Å². The number of imidazole rings is 1. The van der Waals surface area contributed by atoms with Crippen LogP contribution >= 0.6 is 0 Å². The summed E-state index contributed by atoms with van der Waals surface area (Å²) in [6.07, 6.45) is 3.19. The van der Waals surface area contributed by atoms with E-state index in [0.29, 0.717) is 0 Å². The van der Waals surface area contributed by atoms with E-state index >= 15 is 0 Å². The van der Waals surface area contributed by atoms with Crippen LogP contribution in [0, 0.1) is 5.92 Å². The molecule has 2 aromatic rings. The molecule has 0 aliphatic carbocycles. The first-order chi connectivity index (χ1) is 8.36. The molecule has 1 saturated heterocycles. The van der Waals surface area contributed by atoms with Gasteiger partial charge in [0.05, 0.1) is 24.5 Å². The van der Waals surface area contributed by atoms with E-state index < -0.39 is 0 Å². The summed E-state index contributed by atoms with van der Waals surface area (Å²) in [5.41, 5.74) is 2.20. The lowest BCUT2D eigenvalue weighted by molar-refractivity contribution is 0.415. The second kappa shape index (κ2) is 4.37. The largest absolute Gasteiger partial charge is 0.497 e. The molecule has 1 aromatic carbocycles. The number of fused-ring (bicyclic) bond motifs is 1. The van der Waals surface area contributed by atoms with Crippen molar-refractivity contribution in [1.82, 2.24) is 14.9 Å². The van der Waals surface area contributed by atoms with E-state index in [1.54, 1.807) is 7.11 Å². The minimum Gasteiger partial charge on any atom is -0.497 e. The van der Waals surface area contributed by atoms with Crippen molar-refractivity contribution in [2.75, 3.05) is 20.2 Å². The Balaban J connectivity index is 1.89. The summed E-state index contributed by atoms with van der Waals surface area (Å²) in [6.45, 7) is 3.32. The second-order valence-electron chi connectivity index (χ2n) is 4.61. The summed E-state index contributed by atoms with van der Waals surface area (Å²) in [5.74, 6) is 1.60. The number of benzene rings is 1. The van der Waals surface area contributed by atoms with Crippen LogP contribution in [-0.4, -0.2) is 29.8 Å². The van der Waals surface area contributed by atoms with Crippen molar-refractivity contribution in [3.8, 4) is 5.75 Å². The quantitative estimate of drug-likeness (QED) is 0.873. The minimum atomic E-state index is 0.731. The molecular weight excluding hydrogens is 214 g/mol. The average molecular weight is 231 g/mol. The number of aromatic nitrogens is 2. The standard InChI is InChI=1S/C13H17N3O/c1-17-11-2-3-13-12(6-11)15-9-16(13)8-10-4-5-14-7-10/h2-3,6,9-10,14H,4-5,7-8H2,1H3. The van der Waals surface area contributed by atoms with Gasteiger partial charge in [-0.2, -0.15) is 0 Å². The fourth-order valence-corrected chi connectivity index (χ4v) is 2.46. The Labute approximate surface area is 101 Å². The molecule has 1 aliphatic rings. The van der Waals surface area contributed by atoms with Crippen LogP contribution in [0.5, 0.6) is 5.75 Å². The van der Waals surface area contributed by atoms with Crippen LogP contribution in [0.15, 0.2) is 24.5 Å². The summed E-state index contributed by atoms with van der Waals surface area (Å²) >= 11 is 0. The predicted molar refractivity (Wildman–Crippen MR) is 67.3 cm³/mol. The van der Waals surface area contributed by atoms with Gasteiger partial charge in [0.2, 0.25) is 0 Å². The number of hydrogen-bond donors (Lipinski definition) is 1. The molecule has 0 amide bonds. The van der Waals surface area contributed by atoms with Crippen molar-refractivity contribution in [2.24, 2.45) is 5.92 Å². The fourth-order valence-electron chi connectivity index (χ4n) is 2.46. The van der Waals surface area contributed by atoms with E-state index in [9.17, 15) is 0 Å². The van der Waals surface area contributed by atoms with E-state index in [4.69, 9.17) is 4.74 Å². The van der Waals surface area contributed by atoms with Crippen molar-refractivity contribution in [3.63, 3.8) is 0 Å². The van der Waals surface area contributed by atoms with Crippen molar-refractivity contribution in [1.29, 1.82) is 0 Å². The number of rotatable bonds is 3. The minimum absolute atomic E-state index is 0.731. The van der Waals surface area contributed by atoms with E-state index in [1.165, 1.54) is 11.9 Å². The number of ether oxygens (including phenoxy) is 1. The lowest BCUT2D eigenvalue weighted by atomic mass is 10.1. The van der Waals surface area contributed by atoms with Crippen LogP contribution in [0.4, 0.5) is 0 Å². The van der Waals surface area contributed by atoms with E-state index in [0.717, 1.165) is 36.8 Å². The molecule has 0 bridgehead atoms. The van der Waals surface area contributed by atoms with Gasteiger partial charge in [0.1, 0.15) is 5.75 Å². The third kappa shape index (κ3) is 2.00. The Hall–Kier alpha value is -1.55. The van der Waals surface area contributed by atoms with Gasteiger partial charge in [0.15, 0.2) is 0 Å². The topological polar surface area (TPSA) is 39.1 Å². The van der Waals surface area contributed by atoms with E-state index in [1.807, 2.05) is 18.5 Å². The van der Waals surface area contributed by atoms with E-state index in [2.05, 4.69) is 20.9 Å². The van der Waals surface area contributed by atoms with Gasteiger partial charge >= 0.3 is 0 Å². The molecule has 1 atom stereocenters. The monoisotopic (exact) mass is 231 g/mol. The molecule has 0 saturated carbocycles. The van der Waals surface area contributed by atoms with Crippen molar-refractivity contribution >= 4 is 11.0 Å². The molecule has 1 unspecified atom stereocenters. The number of nitrogens with one attached hydrogen (secondary N) is 1. The van der Waals surface area contributed by atoms with Gasteiger partial charge in [-0.3, -0.25) is 0 Å². The molecular formula is C13H17N3O. The van der Waals surface area contributed by atoms with Gasteiger partial charge in [-0.25, -0.2) is 4.98 Å². The average Bonchev–Trinajstić information content (AvgIpc) is 2.99. The number of nitrogens with zero attached hydrogens (tertiary/aromatic N) is 2. The highest BCUT2D eigenvalue weighted by atomic mass is 16.5. The molecule has 0 radical (unpaired) electrons. The Bertz CT molecular complexity index is 514. The summed E-state index contributed by atoms with van der Waals surface area (Å²) in [4.78, 5) is 4.43. The normalized spacial score (nSPS) is 19.9. The Kier molecular flexibility index (Phi) is 2.73. The molecule has 17 heavy (non-hydrogen) atoms. The smallest absolute Gasteiger partial charge is 0.121 e. The first kappa shape index (κ1) is 10.6. The molecule has 1 fully saturated rings. The molecule has 1 aromatic heterocycles. The zero-order valence-electron chi connectivity index (χ0n) is 10.0. The Morgan fingerprint density at radius 2 is 2.47 bits per heavy atom. The summed E-state index contributed by atoms with van der Waals surface area (Å²) in [6, 6.07) is 6.07. The van der Waals surface area contributed by atoms with Gasteiger partial charge in [0.25, 0.3) is 0 Å². The van der Waals surface area contributed by atoms with Crippen LogP contribution in [0.2, 0.25) is 0 Å². The molecule has 3 rings (SSSR count). The second-order valence-corrected chi connectivity index (χ2v) is 4.61. The molecule has 2 heterocycles. The third-order valence-corrected chi connectivity index (χ3v) is 3.45. The lowest BCUT2D eigenvalue weighted by Crippen LogP contribution is -2.13. The van der Waals surface area contributed by atoms with Gasteiger partial charge in [0, 0.05) is 12.6 Å². The summed E-state index contributed by atoms with van der Waals surface area (Å²) < 4.78 is 7.45. The Morgan fingerprint density at radius 1 is 1.53 bits per heavy atom. The van der Waals surface area contributed by atoms with E-state index in [-0.39, 0.29) is 0 Å². The number of hydrogen-bond acceptors (Lipinski definition) is 3. The zero-order valence-corrected chi connectivity index (χ0v) is 10.0. The molecule has 4 nitrogen and oxygen atoms in total. The van der Waals surface area contributed by atoms with Crippen molar-refractivity contribution in [2.45, 2.75) is 13.0 Å².